The first kappa shape index (κ1) is 16.5. The Morgan fingerprint density at radius 2 is 2.05 bits per heavy atom. The van der Waals surface area contributed by atoms with Crippen LogP contribution in [0.25, 0.3) is 0 Å². The zero-order chi connectivity index (χ0) is 16.1. The van der Waals surface area contributed by atoms with E-state index in [1.807, 2.05) is 41.3 Å². The van der Waals surface area contributed by atoms with Gasteiger partial charge in [0.25, 0.3) is 0 Å². The molecule has 1 aromatic carbocycles. The third-order valence-corrected chi connectivity index (χ3v) is 3.75. The maximum atomic E-state index is 10.3. The lowest BCUT2D eigenvalue weighted by Crippen LogP contribution is -2.24. The molecule has 0 aliphatic rings. The van der Waals surface area contributed by atoms with E-state index in [0.717, 1.165) is 16.9 Å². The van der Waals surface area contributed by atoms with Gasteiger partial charge in [0.2, 0.25) is 0 Å². The van der Waals surface area contributed by atoms with Gasteiger partial charge < -0.3 is 15.2 Å². The molecule has 22 heavy (non-hydrogen) atoms. The van der Waals surface area contributed by atoms with Crippen molar-refractivity contribution in [1.29, 1.82) is 0 Å². The molecular weight excluding hydrogens is 278 g/mol. The van der Waals surface area contributed by atoms with E-state index in [4.69, 9.17) is 4.74 Å². The predicted molar refractivity (Wildman–Crippen MR) is 87.0 cm³/mol. The quantitative estimate of drug-likeness (QED) is 0.826. The fourth-order valence-corrected chi connectivity index (χ4v) is 2.23. The fourth-order valence-electron chi connectivity index (χ4n) is 2.23. The molecule has 0 amide bonds. The number of nitrogens with one attached hydrogen (secondary N) is 1. The van der Waals surface area contributed by atoms with Gasteiger partial charge in [-0.2, -0.15) is 5.10 Å². The summed E-state index contributed by atoms with van der Waals surface area (Å²) < 4.78 is 7.12. The van der Waals surface area contributed by atoms with Gasteiger partial charge in [0, 0.05) is 30.4 Å². The molecule has 5 nitrogen and oxygen atoms in total. The van der Waals surface area contributed by atoms with E-state index in [1.165, 1.54) is 0 Å². The molecule has 0 spiro atoms. The fraction of sp³-hybridized carbons (Fsp3) is 0.471. The second-order valence-electron chi connectivity index (χ2n) is 5.77. The van der Waals surface area contributed by atoms with E-state index in [-0.39, 0.29) is 6.04 Å². The van der Waals surface area contributed by atoms with Gasteiger partial charge in [0.05, 0.1) is 19.4 Å². The monoisotopic (exact) mass is 303 g/mol. The van der Waals surface area contributed by atoms with E-state index in [1.54, 1.807) is 7.11 Å². The first-order valence-electron chi connectivity index (χ1n) is 7.60. The molecule has 0 saturated heterocycles. The molecule has 0 fully saturated rings. The number of hydrogen-bond donors (Lipinski definition) is 2. The lowest BCUT2D eigenvalue weighted by molar-refractivity contribution is 0.170. The SMILES string of the molecule is COc1cccc([C@H](O)CN[C@@H](C)c2cnn(C(C)C)c2)c1. The first-order chi connectivity index (χ1) is 10.5. The number of hydrogen-bond acceptors (Lipinski definition) is 4. The molecule has 0 saturated carbocycles. The molecular formula is C17H25N3O2. The first-order valence-corrected chi connectivity index (χ1v) is 7.60. The predicted octanol–water partition coefficient (Wildman–Crippen LogP) is 2.86. The summed E-state index contributed by atoms with van der Waals surface area (Å²) in [4.78, 5) is 0. The van der Waals surface area contributed by atoms with E-state index >= 15 is 0 Å². The molecule has 0 unspecified atom stereocenters. The number of aromatic nitrogens is 2. The van der Waals surface area contributed by atoms with E-state index in [0.29, 0.717) is 12.6 Å². The molecule has 1 aromatic heterocycles. The van der Waals surface area contributed by atoms with Crippen LogP contribution in [-0.2, 0) is 0 Å². The van der Waals surface area contributed by atoms with Crippen LogP contribution in [-0.4, -0.2) is 28.5 Å². The smallest absolute Gasteiger partial charge is 0.119 e. The standard InChI is InChI=1S/C17H25N3O2/c1-12(2)20-11-15(9-19-20)13(3)18-10-17(21)14-6-5-7-16(8-14)22-4/h5-9,11-13,17-18,21H,10H2,1-4H3/t13-,17+/m0/s1. The average Bonchev–Trinajstić information content (AvgIpc) is 3.02. The van der Waals surface area contributed by atoms with E-state index in [9.17, 15) is 5.11 Å². The van der Waals surface area contributed by atoms with Crippen molar-refractivity contribution in [2.24, 2.45) is 0 Å². The lowest BCUT2D eigenvalue weighted by Gasteiger charge is -2.17. The molecule has 2 aromatic rings. The summed E-state index contributed by atoms with van der Waals surface area (Å²) in [5, 5.41) is 18.0. The van der Waals surface area contributed by atoms with Crippen LogP contribution in [0.4, 0.5) is 0 Å². The highest BCUT2D eigenvalue weighted by atomic mass is 16.5. The van der Waals surface area contributed by atoms with Crippen molar-refractivity contribution >= 4 is 0 Å². The van der Waals surface area contributed by atoms with Crippen molar-refractivity contribution in [1.82, 2.24) is 15.1 Å². The van der Waals surface area contributed by atoms with Crippen LogP contribution in [0, 0.1) is 0 Å². The number of ether oxygens (including phenoxy) is 1. The van der Waals surface area contributed by atoms with Crippen molar-refractivity contribution < 1.29 is 9.84 Å². The maximum Gasteiger partial charge on any atom is 0.119 e. The van der Waals surface area contributed by atoms with Crippen LogP contribution in [0.3, 0.4) is 0 Å². The van der Waals surface area contributed by atoms with Gasteiger partial charge in [-0.1, -0.05) is 12.1 Å². The Labute approximate surface area is 131 Å². The molecule has 0 aliphatic carbocycles. The molecule has 0 radical (unpaired) electrons. The molecule has 0 aliphatic heterocycles. The minimum atomic E-state index is -0.572. The Balaban J connectivity index is 1.93. The van der Waals surface area contributed by atoms with Gasteiger partial charge in [-0.25, -0.2) is 0 Å². The van der Waals surface area contributed by atoms with Gasteiger partial charge in [0.15, 0.2) is 0 Å². The maximum absolute atomic E-state index is 10.3. The summed E-state index contributed by atoms with van der Waals surface area (Å²) in [5.41, 5.74) is 1.96. The number of aliphatic hydroxyl groups is 1. The van der Waals surface area contributed by atoms with Crippen LogP contribution in [0.15, 0.2) is 36.7 Å². The molecule has 120 valence electrons. The second-order valence-corrected chi connectivity index (χ2v) is 5.77. The summed E-state index contributed by atoms with van der Waals surface area (Å²) >= 11 is 0. The average molecular weight is 303 g/mol. The van der Waals surface area contributed by atoms with Gasteiger partial charge >= 0.3 is 0 Å². The number of nitrogens with zero attached hydrogens (tertiary/aromatic N) is 2. The minimum Gasteiger partial charge on any atom is -0.497 e. The summed E-state index contributed by atoms with van der Waals surface area (Å²) in [6.07, 6.45) is 3.34. The van der Waals surface area contributed by atoms with Crippen LogP contribution in [0.2, 0.25) is 0 Å². The normalized spacial score (nSPS) is 14.1. The highest BCUT2D eigenvalue weighted by molar-refractivity contribution is 5.30. The Morgan fingerprint density at radius 3 is 2.68 bits per heavy atom. The third-order valence-electron chi connectivity index (χ3n) is 3.75. The highest BCUT2D eigenvalue weighted by Crippen LogP contribution is 2.20. The second kappa shape index (κ2) is 7.42. The van der Waals surface area contributed by atoms with E-state index in [2.05, 4.69) is 31.2 Å². The minimum absolute atomic E-state index is 0.132. The van der Waals surface area contributed by atoms with Crippen molar-refractivity contribution in [2.45, 2.75) is 39.0 Å². The summed E-state index contributed by atoms with van der Waals surface area (Å²) in [7, 11) is 1.62. The van der Waals surface area contributed by atoms with Crippen LogP contribution < -0.4 is 10.1 Å². The Hall–Kier alpha value is -1.85. The largest absolute Gasteiger partial charge is 0.497 e. The number of methoxy groups -OCH3 is 1. The topological polar surface area (TPSA) is 59.3 Å². The summed E-state index contributed by atoms with van der Waals surface area (Å²) in [5.74, 6) is 0.753. The Bertz CT molecular complexity index is 595. The number of aliphatic hydroxyl groups excluding tert-OH is 1. The molecule has 5 heteroatoms. The molecule has 2 rings (SSSR count). The van der Waals surface area contributed by atoms with Crippen molar-refractivity contribution in [2.75, 3.05) is 13.7 Å². The van der Waals surface area contributed by atoms with E-state index < -0.39 is 6.10 Å². The van der Waals surface area contributed by atoms with Crippen LogP contribution in [0.1, 0.15) is 50.1 Å². The third kappa shape index (κ3) is 4.08. The van der Waals surface area contributed by atoms with Crippen molar-refractivity contribution in [3.63, 3.8) is 0 Å². The highest BCUT2D eigenvalue weighted by Gasteiger charge is 2.13. The number of rotatable bonds is 7. The van der Waals surface area contributed by atoms with Gasteiger partial charge in [-0.3, -0.25) is 4.68 Å². The zero-order valence-electron chi connectivity index (χ0n) is 13.7. The van der Waals surface area contributed by atoms with Crippen molar-refractivity contribution in [3.05, 3.63) is 47.8 Å². The van der Waals surface area contributed by atoms with Gasteiger partial charge in [0.1, 0.15) is 5.75 Å². The Kier molecular flexibility index (Phi) is 5.57. The van der Waals surface area contributed by atoms with Gasteiger partial charge in [-0.05, 0) is 38.5 Å². The zero-order valence-corrected chi connectivity index (χ0v) is 13.7. The van der Waals surface area contributed by atoms with Gasteiger partial charge in [-0.15, -0.1) is 0 Å². The number of benzene rings is 1. The van der Waals surface area contributed by atoms with Crippen LogP contribution in [0.5, 0.6) is 5.75 Å². The Morgan fingerprint density at radius 1 is 1.27 bits per heavy atom. The molecule has 0 bridgehead atoms. The summed E-state index contributed by atoms with van der Waals surface area (Å²) in [6.45, 7) is 6.74. The summed E-state index contributed by atoms with van der Waals surface area (Å²) in [6, 6.07) is 7.99. The molecule has 2 N–H and O–H groups in total. The lowest BCUT2D eigenvalue weighted by atomic mass is 10.1. The van der Waals surface area contributed by atoms with Crippen molar-refractivity contribution in [3.8, 4) is 5.75 Å². The molecule has 2 atom stereocenters. The van der Waals surface area contributed by atoms with Crippen LogP contribution >= 0.6 is 0 Å². The molecule has 1 heterocycles.